The van der Waals surface area contributed by atoms with Crippen molar-refractivity contribution in [3.05, 3.63) is 29.6 Å². The molecule has 3 rings (SSSR count). The molecule has 19 heavy (non-hydrogen) atoms. The van der Waals surface area contributed by atoms with Gasteiger partial charge < -0.3 is 5.73 Å². The SMILES string of the molecule is CN1C2CCC1CN(Cc1ccc(N)cc1F)CC2. The van der Waals surface area contributed by atoms with E-state index in [1.807, 2.05) is 6.07 Å². The van der Waals surface area contributed by atoms with Gasteiger partial charge in [0.1, 0.15) is 5.82 Å². The molecule has 0 spiro atoms. The number of anilines is 1. The number of halogens is 1. The summed E-state index contributed by atoms with van der Waals surface area (Å²) in [5.74, 6) is -0.178. The molecule has 1 aromatic carbocycles. The predicted molar refractivity (Wildman–Crippen MR) is 75.3 cm³/mol. The molecule has 2 fully saturated rings. The van der Waals surface area contributed by atoms with Crippen LogP contribution in [0.5, 0.6) is 0 Å². The van der Waals surface area contributed by atoms with E-state index in [-0.39, 0.29) is 5.82 Å². The Balaban J connectivity index is 1.70. The van der Waals surface area contributed by atoms with E-state index >= 15 is 0 Å². The summed E-state index contributed by atoms with van der Waals surface area (Å²) < 4.78 is 13.9. The summed E-state index contributed by atoms with van der Waals surface area (Å²) in [7, 11) is 2.23. The Labute approximate surface area is 114 Å². The molecule has 3 nitrogen and oxygen atoms in total. The van der Waals surface area contributed by atoms with Gasteiger partial charge in [0.25, 0.3) is 0 Å². The van der Waals surface area contributed by atoms with Gasteiger partial charge in [0.05, 0.1) is 0 Å². The van der Waals surface area contributed by atoms with E-state index in [0.29, 0.717) is 18.3 Å². The van der Waals surface area contributed by atoms with Crippen LogP contribution in [0.15, 0.2) is 18.2 Å². The maximum Gasteiger partial charge on any atom is 0.129 e. The quantitative estimate of drug-likeness (QED) is 0.829. The number of nitrogen functional groups attached to an aromatic ring is 1. The van der Waals surface area contributed by atoms with Crippen molar-refractivity contribution in [1.29, 1.82) is 0 Å². The average Bonchev–Trinajstić information content (AvgIpc) is 2.60. The minimum Gasteiger partial charge on any atom is -0.399 e. The maximum absolute atomic E-state index is 13.9. The van der Waals surface area contributed by atoms with Crippen LogP contribution in [0.4, 0.5) is 10.1 Å². The van der Waals surface area contributed by atoms with Crippen LogP contribution in [0.2, 0.25) is 0 Å². The lowest BCUT2D eigenvalue weighted by Gasteiger charge is -2.25. The number of benzene rings is 1. The van der Waals surface area contributed by atoms with E-state index in [1.54, 1.807) is 6.07 Å². The van der Waals surface area contributed by atoms with E-state index in [0.717, 1.165) is 24.7 Å². The van der Waals surface area contributed by atoms with Crippen molar-refractivity contribution in [3.8, 4) is 0 Å². The van der Waals surface area contributed by atoms with Crippen molar-refractivity contribution < 1.29 is 4.39 Å². The first kappa shape index (κ1) is 12.9. The molecule has 1 aromatic rings. The average molecular weight is 263 g/mol. The topological polar surface area (TPSA) is 32.5 Å². The summed E-state index contributed by atoms with van der Waals surface area (Å²) in [5, 5.41) is 0. The molecule has 2 aliphatic heterocycles. The lowest BCUT2D eigenvalue weighted by Crippen LogP contribution is -2.36. The molecule has 4 heteroatoms. The molecular weight excluding hydrogens is 241 g/mol. The molecule has 2 heterocycles. The van der Waals surface area contributed by atoms with Crippen LogP contribution >= 0.6 is 0 Å². The largest absolute Gasteiger partial charge is 0.399 e. The summed E-state index contributed by atoms with van der Waals surface area (Å²) in [4.78, 5) is 4.90. The Hall–Kier alpha value is -1.13. The first-order chi connectivity index (χ1) is 9.13. The van der Waals surface area contributed by atoms with Gasteiger partial charge in [0.2, 0.25) is 0 Å². The van der Waals surface area contributed by atoms with Crippen molar-refractivity contribution in [2.24, 2.45) is 0 Å². The van der Waals surface area contributed by atoms with Crippen LogP contribution in [0.1, 0.15) is 24.8 Å². The minimum atomic E-state index is -0.178. The standard InChI is InChI=1S/C15H22FN3/c1-18-13-4-5-14(18)10-19(7-6-13)9-11-2-3-12(17)8-15(11)16/h2-3,8,13-14H,4-7,9-10,17H2,1H3. The third-order valence-electron chi connectivity index (χ3n) is 4.70. The van der Waals surface area contributed by atoms with E-state index < -0.39 is 0 Å². The molecule has 0 aromatic heterocycles. The fourth-order valence-electron chi connectivity index (χ4n) is 3.46. The fraction of sp³-hybridized carbons (Fsp3) is 0.600. The molecule has 2 saturated heterocycles. The van der Waals surface area contributed by atoms with Crippen LogP contribution in [-0.2, 0) is 6.54 Å². The third kappa shape index (κ3) is 2.60. The van der Waals surface area contributed by atoms with Crippen LogP contribution in [-0.4, -0.2) is 42.0 Å². The highest BCUT2D eigenvalue weighted by Crippen LogP contribution is 2.29. The van der Waals surface area contributed by atoms with Crippen LogP contribution in [0.3, 0.4) is 0 Å². The Morgan fingerprint density at radius 2 is 2.05 bits per heavy atom. The van der Waals surface area contributed by atoms with Gasteiger partial charge >= 0.3 is 0 Å². The zero-order valence-corrected chi connectivity index (χ0v) is 11.5. The minimum absolute atomic E-state index is 0.178. The van der Waals surface area contributed by atoms with E-state index in [2.05, 4.69) is 16.8 Å². The molecule has 0 saturated carbocycles. The van der Waals surface area contributed by atoms with E-state index in [1.165, 1.54) is 25.3 Å². The second-order valence-corrected chi connectivity index (χ2v) is 5.93. The van der Waals surface area contributed by atoms with Gasteiger partial charge in [-0.25, -0.2) is 4.39 Å². The Kier molecular flexibility index (Phi) is 3.46. The van der Waals surface area contributed by atoms with E-state index in [9.17, 15) is 4.39 Å². The van der Waals surface area contributed by atoms with Gasteiger partial charge in [-0.05, 0) is 38.4 Å². The van der Waals surface area contributed by atoms with Crippen molar-refractivity contribution >= 4 is 5.69 Å². The molecule has 2 bridgehead atoms. The van der Waals surface area contributed by atoms with Crippen molar-refractivity contribution in [2.75, 3.05) is 25.9 Å². The first-order valence-electron chi connectivity index (χ1n) is 7.11. The van der Waals surface area contributed by atoms with E-state index in [4.69, 9.17) is 5.73 Å². The Bertz CT molecular complexity index is 463. The van der Waals surface area contributed by atoms with Gasteiger partial charge in [-0.1, -0.05) is 6.07 Å². The molecule has 0 aliphatic carbocycles. The molecule has 2 atom stereocenters. The van der Waals surface area contributed by atoms with Crippen LogP contribution in [0.25, 0.3) is 0 Å². The lowest BCUT2D eigenvalue weighted by molar-refractivity contribution is 0.213. The highest BCUT2D eigenvalue weighted by Gasteiger charge is 2.34. The number of nitrogens with two attached hydrogens (primary N) is 1. The normalized spacial score (nSPS) is 28.5. The summed E-state index contributed by atoms with van der Waals surface area (Å²) in [6.45, 7) is 2.81. The van der Waals surface area contributed by atoms with Gasteiger partial charge in [-0.3, -0.25) is 9.80 Å². The number of likely N-dealkylation sites (tertiary alicyclic amines) is 1. The smallest absolute Gasteiger partial charge is 0.129 e. The summed E-state index contributed by atoms with van der Waals surface area (Å²) in [6, 6.07) is 6.40. The number of nitrogens with zero attached hydrogens (tertiary/aromatic N) is 2. The number of fused-ring (bicyclic) bond motifs is 2. The van der Waals surface area contributed by atoms with Crippen LogP contribution in [0, 0.1) is 5.82 Å². The molecule has 0 radical (unpaired) electrons. The highest BCUT2D eigenvalue weighted by molar-refractivity contribution is 5.40. The van der Waals surface area contributed by atoms with Gasteiger partial charge in [0.15, 0.2) is 0 Å². The molecule has 2 N–H and O–H groups in total. The number of likely N-dealkylation sites (N-methyl/N-ethyl adjacent to an activating group) is 1. The summed E-state index contributed by atoms with van der Waals surface area (Å²) in [5.41, 5.74) is 6.85. The number of hydrogen-bond acceptors (Lipinski definition) is 3. The fourth-order valence-corrected chi connectivity index (χ4v) is 3.46. The lowest BCUT2D eigenvalue weighted by atomic mass is 10.1. The van der Waals surface area contributed by atoms with Crippen molar-refractivity contribution in [1.82, 2.24) is 9.80 Å². The van der Waals surface area contributed by atoms with Crippen molar-refractivity contribution in [3.63, 3.8) is 0 Å². The predicted octanol–water partition coefficient (Wildman–Crippen LogP) is 2.08. The molecule has 2 aliphatic rings. The van der Waals surface area contributed by atoms with Gasteiger partial charge in [0, 0.05) is 43.0 Å². The zero-order valence-electron chi connectivity index (χ0n) is 11.5. The maximum atomic E-state index is 13.9. The van der Waals surface area contributed by atoms with Gasteiger partial charge in [-0.2, -0.15) is 0 Å². The van der Waals surface area contributed by atoms with Crippen molar-refractivity contribution in [2.45, 2.75) is 37.9 Å². The van der Waals surface area contributed by atoms with Crippen LogP contribution < -0.4 is 5.73 Å². The third-order valence-corrected chi connectivity index (χ3v) is 4.70. The Morgan fingerprint density at radius 3 is 2.84 bits per heavy atom. The molecule has 104 valence electrons. The monoisotopic (exact) mass is 263 g/mol. The highest BCUT2D eigenvalue weighted by atomic mass is 19.1. The number of rotatable bonds is 2. The molecule has 2 unspecified atom stereocenters. The Morgan fingerprint density at radius 1 is 1.26 bits per heavy atom. The molecular formula is C15H22FN3. The van der Waals surface area contributed by atoms with Gasteiger partial charge in [-0.15, -0.1) is 0 Å². The zero-order chi connectivity index (χ0) is 13.4. The summed E-state index contributed by atoms with van der Waals surface area (Å²) >= 11 is 0. The second kappa shape index (κ2) is 5.10. The second-order valence-electron chi connectivity index (χ2n) is 5.93. The number of hydrogen-bond donors (Lipinski definition) is 1. The molecule has 0 amide bonds. The first-order valence-corrected chi connectivity index (χ1v) is 7.11. The summed E-state index contributed by atoms with van der Waals surface area (Å²) in [6.07, 6.45) is 3.80.